The van der Waals surface area contributed by atoms with Crippen LogP contribution in [0.3, 0.4) is 0 Å². The summed E-state index contributed by atoms with van der Waals surface area (Å²) in [5.41, 5.74) is 0. The molecule has 13 heavy (non-hydrogen) atoms. The van der Waals surface area contributed by atoms with Crippen molar-refractivity contribution in [3.63, 3.8) is 0 Å². The summed E-state index contributed by atoms with van der Waals surface area (Å²) in [4.78, 5) is 0. The van der Waals surface area contributed by atoms with Crippen molar-refractivity contribution >= 4 is 0 Å². The van der Waals surface area contributed by atoms with Crippen molar-refractivity contribution < 1.29 is 31.0 Å². The molecule has 76 valence electrons. The minimum atomic E-state index is 0. The van der Waals surface area contributed by atoms with Gasteiger partial charge in [0.15, 0.2) is 0 Å². The first-order valence-corrected chi connectivity index (χ1v) is 5.81. The Hall–Kier alpha value is 1.00. The summed E-state index contributed by atoms with van der Waals surface area (Å²) in [5.74, 6) is 0.974. The molecule has 0 amide bonds. The topological polar surface area (TPSA) is 0 Å². The van der Waals surface area contributed by atoms with Crippen molar-refractivity contribution in [1.29, 1.82) is 0 Å². The molecule has 0 bridgehead atoms. The predicted molar refractivity (Wildman–Crippen MR) is 58.6 cm³/mol. The van der Waals surface area contributed by atoms with Crippen LogP contribution in [0.2, 0.25) is 0 Å². The SMILES string of the molecule is CCCCCCC(C)CCCC.[H-].[Na+]. The molecule has 0 spiro atoms. The maximum Gasteiger partial charge on any atom is 1.00 e. The molecular weight excluding hydrogens is 167 g/mol. The number of rotatable bonds is 8. The Bertz CT molecular complexity index is 86.4. The summed E-state index contributed by atoms with van der Waals surface area (Å²) in [7, 11) is 0. The third-order valence-corrected chi connectivity index (χ3v) is 2.60. The van der Waals surface area contributed by atoms with E-state index < -0.39 is 0 Å². The van der Waals surface area contributed by atoms with Gasteiger partial charge in [-0.1, -0.05) is 72.1 Å². The first-order chi connectivity index (χ1) is 5.81. The number of hydrogen-bond acceptors (Lipinski definition) is 0. The van der Waals surface area contributed by atoms with Crippen molar-refractivity contribution in [1.82, 2.24) is 0 Å². The number of hydrogen-bond donors (Lipinski definition) is 0. The smallest absolute Gasteiger partial charge is 1.00 e. The Morgan fingerprint density at radius 3 is 1.92 bits per heavy atom. The van der Waals surface area contributed by atoms with Gasteiger partial charge in [0.1, 0.15) is 0 Å². The normalized spacial score (nSPS) is 12.2. The second-order valence-corrected chi connectivity index (χ2v) is 4.10. The minimum absolute atomic E-state index is 0. The first-order valence-electron chi connectivity index (χ1n) is 5.81. The molecule has 0 nitrogen and oxygen atoms in total. The molecule has 1 unspecified atom stereocenters. The standard InChI is InChI=1S/C12H26.Na.H/c1-4-6-8-9-11-12(3)10-7-5-2;;/h12H,4-11H2,1-3H3;;/q;+1;-1. The van der Waals surface area contributed by atoms with E-state index in [1.54, 1.807) is 0 Å². The Balaban J connectivity index is -0.000000605. The van der Waals surface area contributed by atoms with Crippen LogP contribution in [0.25, 0.3) is 0 Å². The zero-order valence-electron chi connectivity index (χ0n) is 11.2. The van der Waals surface area contributed by atoms with E-state index in [0.717, 1.165) is 5.92 Å². The van der Waals surface area contributed by atoms with Crippen molar-refractivity contribution in [3.05, 3.63) is 0 Å². The van der Waals surface area contributed by atoms with Crippen LogP contribution in [0.5, 0.6) is 0 Å². The molecule has 0 saturated heterocycles. The van der Waals surface area contributed by atoms with Gasteiger partial charge in [0, 0.05) is 0 Å². The molecule has 0 aliphatic heterocycles. The quantitative estimate of drug-likeness (QED) is 0.409. The fraction of sp³-hybridized carbons (Fsp3) is 1.00. The van der Waals surface area contributed by atoms with E-state index in [0.29, 0.717) is 0 Å². The van der Waals surface area contributed by atoms with Gasteiger partial charge in [-0.3, -0.25) is 0 Å². The predicted octanol–water partition coefficient (Wildman–Crippen LogP) is 1.90. The summed E-state index contributed by atoms with van der Waals surface area (Å²) in [6.45, 7) is 6.96. The van der Waals surface area contributed by atoms with Gasteiger partial charge in [0.05, 0.1) is 0 Å². The van der Waals surface area contributed by atoms with E-state index in [1.165, 1.54) is 51.4 Å². The monoisotopic (exact) mass is 194 g/mol. The van der Waals surface area contributed by atoms with Gasteiger partial charge < -0.3 is 1.43 Å². The average Bonchev–Trinajstić information content (AvgIpc) is 2.09. The van der Waals surface area contributed by atoms with E-state index in [9.17, 15) is 0 Å². The molecule has 1 atom stereocenters. The maximum atomic E-state index is 2.40. The van der Waals surface area contributed by atoms with Crippen LogP contribution < -0.4 is 29.6 Å². The van der Waals surface area contributed by atoms with Gasteiger partial charge in [-0.15, -0.1) is 0 Å². The fourth-order valence-electron chi connectivity index (χ4n) is 1.62. The second-order valence-electron chi connectivity index (χ2n) is 4.10. The van der Waals surface area contributed by atoms with Gasteiger partial charge in [-0.2, -0.15) is 0 Å². The van der Waals surface area contributed by atoms with Crippen LogP contribution in [0.1, 0.15) is 73.6 Å². The molecule has 0 N–H and O–H groups in total. The summed E-state index contributed by atoms with van der Waals surface area (Å²) >= 11 is 0. The Kier molecular flexibility index (Phi) is 16.4. The van der Waals surface area contributed by atoms with Gasteiger partial charge in [0.2, 0.25) is 0 Å². The molecule has 0 heterocycles. The molecule has 0 aliphatic carbocycles. The number of unbranched alkanes of at least 4 members (excludes halogenated alkanes) is 4. The fourth-order valence-corrected chi connectivity index (χ4v) is 1.62. The molecular formula is C12H27Na. The molecule has 0 aliphatic rings. The van der Waals surface area contributed by atoms with Crippen LogP contribution in [-0.4, -0.2) is 0 Å². The molecule has 0 radical (unpaired) electrons. The molecule has 1 heteroatoms. The minimum Gasteiger partial charge on any atom is -1.00 e. The third-order valence-electron chi connectivity index (χ3n) is 2.60. The Morgan fingerprint density at radius 1 is 0.846 bits per heavy atom. The van der Waals surface area contributed by atoms with E-state index in [4.69, 9.17) is 0 Å². The van der Waals surface area contributed by atoms with Crippen LogP contribution in [-0.2, 0) is 0 Å². The van der Waals surface area contributed by atoms with Crippen LogP contribution in [0, 0.1) is 5.92 Å². The first kappa shape index (κ1) is 16.4. The zero-order valence-corrected chi connectivity index (χ0v) is 12.2. The van der Waals surface area contributed by atoms with Crippen LogP contribution in [0.4, 0.5) is 0 Å². The largest absolute Gasteiger partial charge is 1.00 e. The molecule has 0 rings (SSSR count). The Labute approximate surface area is 109 Å². The molecule has 0 aromatic rings. The summed E-state index contributed by atoms with van der Waals surface area (Å²) in [6, 6.07) is 0. The van der Waals surface area contributed by atoms with Crippen LogP contribution in [0.15, 0.2) is 0 Å². The summed E-state index contributed by atoms with van der Waals surface area (Å²) in [6.07, 6.45) is 11.4. The van der Waals surface area contributed by atoms with E-state index >= 15 is 0 Å². The van der Waals surface area contributed by atoms with Crippen molar-refractivity contribution in [2.24, 2.45) is 5.92 Å². The van der Waals surface area contributed by atoms with E-state index in [1.807, 2.05) is 0 Å². The van der Waals surface area contributed by atoms with Crippen molar-refractivity contribution in [2.45, 2.75) is 72.1 Å². The third kappa shape index (κ3) is 13.0. The van der Waals surface area contributed by atoms with Gasteiger partial charge in [-0.05, 0) is 5.92 Å². The summed E-state index contributed by atoms with van der Waals surface area (Å²) in [5, 5.41) is 0. The van der Waals surface area contributed by atoms with Gasteiger partial charge in [0.25, 0.3) is 0 Å². The van der Waals surface area contributed by atoms with Gasteiger partial charge in [-0.25, -0.2) is 0 Å². The molecule has 0 fully saturated rings. The molecule has 0 aromatic carbocycles. The van der Waals surface area contributed by atoms with Crippen LogP contribution >= 0.6 is 0 Å². The average molecular weight is 194 g/mol. The van der Waals surface area contributed by atoms with Crippen molar-refractivity contribution in [2.75, 3.05) is 0 Å². The second kappa shape index (κ2) is 13.0. The molecule has 0 aromatic heterocycles. The van der Waals surface area contributed by atoms with Gasteiger partial charge >= 0.3 is 29.6 Å². The Morgan fingerprint density at radius 2 is 1.38 bits per heavy atom. The van der Waals surface area contributed by atoms with E-state index in [-0.39, 0.29) is 31.0 Å². The maximum absolute atomic E-state index is 2.40. The summed E-state index contributed by atoms with van der Waals surface area (Å²) < 4.78 is 0. The molecule has 0 saturated carbocycles. The van der Waals surface area contributed by atoms with E-state index in [2.05, 4.69) is 20.8 Å². The van der Waals surface area contributed by atoms with Crippen molar-refractivity contribution in [3.8, 4) is 0 Å². The zero-order chi connectivity index (χ0) is 9.23.